The Morgan fingerprint density at radius 3 is 2.57 bits per heavy atom. The summed E-state index contributed by atoms with van der Waals surface area (Å²) in [5.41, 5.74) is 2.26. The van der Waals surface area contributed by atoms with Crippen LogP contribution in [0.5, 0.6) is 0 Å². The van der Waals surface area contributed by atoms with E-state index in [0.29, 0.717) is 6.04 Å². The van der Waals surface area contributed by atoms with Gasteiger partial charge in [0.2, 0.25) is 0 Å². The van der Waals surface area contributed by atoms with Gasteiger partial charge in [0.25, 0.3) is 0 Å². The molecule has 1 atom stereocenters. The van der Waals surface area contributed by atoms with Gasteiger partial charge in [-0.1, -0.05) is 54.9 Å². The Kier molecular flexibility index (Phi) is 6.21. The Bertz CT molecular complexity index is 556. The van der Waals surface area contributed by atoms with Gasteiger partial charge in [-0.15, -0.1) is 0 Å². The van der Waals surface area contributed by atoms with Crippen LogP contribution in [-0.2, 0) is 6.42 Å². The van der Waals surface area contributed by atoms with Crippen LogP contribution in [0.2, 0.25) is 5.02 Å². The number of aryl methyl sites for hydroxylation is 1. The predicted molar refractivity (Wildman–Crippen MR) is 87.2 cm³/mol. The maximum Gasteiger partial charge on any atom is 0.142 e. The van der Waals surface area contributed by atoms with E-state index < -0.39 is 0 Å². The first kappa shape index (κ1) is 16.0. The van der Waals surface area contributed by atoms with Crippen LogP contribution < -0.4 is 5.32 Å². The van der Waals surface area contributed by atoms with Gasteiger partial charge in [0.1, 0.15) is 5.82 Å². The highest BCUT2D eigenvalue weighted by molar-refractivity contribution is 6.30. The molecule has 0 radical (unpaired) electrons. The van der Waals surface area contributed by atoms with E-state index in [9.17, 15) is 4.39 Å². The summed E-state index contributed by atoms with van der Waals surface area (Å²) in [4.78, 5) is 0. The van der Waals surface area contributed by atoms with Gasteiger partial charge in [-0.3, -0.25) is 0 Å². The maximum absolute atomic E-state index is 13.5. The lowest BCUT2D eigenvalue weighted by atomic mass is 9.99. The minimum absolute atomic E-state index is 0.183. The number of nitrogens with one attached hydrogen (secondary N) is 1. The van der Waals surface area contributed by atoms with E-state index in [4.69, 9.17) is 11.6 Å². The van der Waals surface area contributed by atoms with Gasteiger partial charge >= 0.3 is 0 Å². The summed E-state index contributed by atoms with van der Waals surface area (Å²) in [7, 11) is 0. The lowest BCUT2D eigenvalue weighted by Gasteiger charge is -2.19. The van der Waals surface area contributed by atoms with Crippen LogP contribution in [0.25, 0.3) is 0 Å². The summed E-state index contributed by atoms with van der Waals surface area (Å²) in [6, 6.07) is 15.8. The second kappa shape index (κ2) is 8.16. The van der Waals surface area contributed by atoms with Crippen LogP contribution in [0.15, 0.2) is 48.5 Å². The Morgan fingerprint density at radius 1 is 1.14 bits per heavy atom. The molecule has 21 heavy (non-hydrogen) atoms. The van der Waals surface area contributed by atoms with Crippen molar-refractivity contribution in [2.24, 2.45) is 0 Å². The molecule has 0 fully saturated rings. The van der Waals surface area contributed by atoms with Crippen LogP contribution in [0, 0.1) is 5.82 Å². The van der Waals surface area contributed by atoms with Crippen molar-refractivity contribution in [2.45, 2.75) is 32.2 Å². The third kappa shape index (κ3) is 4.83. The van der Waals surface area contributed by atoms with Gasteiger partial charge in [-0.05, 0) is 49.1 Å². The first-order valence-electron chi connectivity index (χ1n) is 7.43. The van der Waals surface area contributed by atoms with E-state index in [1.165, 1.54) is 11.6 Å². The number of hydrogen-bond donors (Lipinski definition) is 1. The molecule has 0 saturated carbocycles. The zero-order valence-corrected chi connectivity index (χ0v) is 13.0. The highest BCUT2D eigenvalue weighted by Gasteiger charge is 2.11. The summed E-state index contributed by atoms with van der Waals surface area (Å²) in [6.45, 7) is 3.14. The van der Waals surface area contributed by atoms with Crippen LogP contribution in [0.1, 0.15) is 36.9 Å². The normalized spacial score (nSPS) is 12.3. The molecule has 0 aliphatic carbocycles. The van der Waals surface area contributed by atoms with Crippen molar-refractivity contribution in [3.8, 4) is 0 Å². The molecular formula is C18H21ClFN. The average molecular weight is 306 g/mol. The second-order valence-electron chi connectivity index (χ2n) is 5.20. The van der Waals surface area contributed by atoms with Crippen LogP contribution in [-0.4, -0.2) is 6.54 Å². The molecule has 0 aliphatic rings. The van der Waals surface area contributed by atoms with Gasteiger partial charge in [0.15, 0.2) is 0 Å². The number of rotatable bonds is 7. The molecule has 0 spiro atoms. The van der Waals surface area contributed by atoms with E-state index in [1.54, 1.807) is 6.07 Å². The highest BCUT2D eigenvalue weighted by atomic mass is 35.5. The maximum atomic E-state index is 13.5. The second-order valence-corrected chi connectivity index (χ2v) is 5.61. The molecule has 1 nitrogen and oxygen atoms in total. The molecule has 0 aromatic heterocycles. The Labute approximate surface area is 131 Å². The van der Waals surface area contributed by atoms with Crippen LogP contribution >= 0.6 is 11.6 Å². The minimum Gasteiger partial charge on any atom is -0.310 e. The van der Waals surface area contributed by atoms with Crippen molar-refractivity contribution in [1.29, 1.82) is 0 Å². The molecule has 0 saturated heterocycles. The Morgan fingerprint density at radius 2 is 1.90 bits per heavy atom. The molecule has 2 aromatic rings. The fourth-order valence-electron chi connectivity index (χ4n) is 2.40. The number of benzene rings is 2. The molecular weight excluding hydrogens is 285 g/mol. The van der Waals surface area contributed by atoms with Gasteiger partial charge in [-0.2, -0.15) is 0 Å². The van der Waals surface area contributed by atoms with Crippen LogP contribution in [0.3, 0.4) is 0 Å². The quantitative estimate of drug-likeness (QED) is 0.745. The molecule has 1 N–H and O–H groups in total. The molecule has 112 valence electrons. The molecule has 0 heterocycles. The van der Waals surface area contributed by atoms with Crippen LogP contribution in [0.4, 0.5) is 4.39 Å². The summed E-state index contributed by atoms with van der Waals surface area (Å²) < 4.78 is 13.5. The first-order chi connectivity index (χ1) is 10.2. The predicted octanol–water partition coefficient (Wildman–Crippen LogP) is 5.15. The summed E-state index contributed by atoms with van der Waals surface area (Å²) in [5, 5.41) is 3.74. The smallest absolute Gasteiger partial charge is 0.142 e. The van der Waals surface area contributed by atoms with Crippen molar-refractivity contribution >= 4 is 11.6 Å². The lowest BCUT2D eigenvalue weighted by molar-refractivity contribution is 0.498. The molecule has 0 amide bonds. The molecule has 1 unspecified atom stereocenters. The van der Waals surface area contributed by atoms with Gasteiger partial charge in [0, 0.05) is 6.04 Å². The summed E-state index contributed by atoms with van der Waals surface area (Å²) in [5.74, 6) is -0.341. The fourth-order valence-corrected chi connectivity index (χ4v) is 2.51. The minimum atomic E-state index is -0.341. The molecule has 2 aromatic carbocycles. The van der Waals surface area contributed by atoms with Crippen molar-refractivity contribution < 1.29 is 4.39 Å². The van der Waals surface area contributed by atoms with Crippen molar-refractivity contribution in [1.82, 2.24) is 5.32 Å². The van der Waals surface area contributed by atoms with E-state index in [0.717, 1.165) is 31.4 Å². The molecule has 3 heteroatoms. The zero-order valence-electron chi connectivity index (χ0n) is 12.3. The fraction of sp³-hybridized carbons (Fsp3) is 0.333. The monoisotopic (exact) mass is 305 g/mol. The topological polar surface area (TPSA) is 12.0 Å². The zero-order chi connectivity index (χ0) is 15.1. The highest BCUT2D eigenvalue weighted by Crippen LogP contribution is 2.21. The molecule has 2 rings (SSSR count). The number of halogens is 2. The Hall–Kier alpha value is -1.38. The molecule has 0 bridgehead atoms. The van der Waals surface area contributed by atoms with E-state index >= 15 is 0 Å². The Balaban J connectivity index is 2.03. The first-order valence-corrected chi connectivity index (χ1v) is 7.80. The van der Waals surface area contributed by atoms with Crippen molar-refractivity contribution in [3.63, 3.8) is 0 Å². The largest absolute Gasteiger partial charge is 0.310 e. The van der Waals surface area contributed by atoms with Crippen molar-refractivity contribution in [2.75, 3.05) is 6.54 Å². The summed E-state index contributed by atoms with van der Waals surface area (Å²) >= 11 is 5.72. The van der Waals surface area contributed by atoms with Gasteiger partial charge in [-0.25, -0.2) is 4.39 Å². The standard InChI is InChI=1S/C18H21ClFN/c1-2-12-21-18(15-6-4-3-5-7-15)11-9-14-8-10-16(19)17(20)13-14/h3-8,10,13,18,21H,2,9,11-12H2,1H3. The average Bonchev–Trinajstić information content (AvgIpc) is 2.51. The van der Waals surface area contributed by atoms with Gasteiger partial charge in [0.05, 0.1) is 5.02 Å². The summed E-state index contributed by atoms with van der Waals surface area (Å²) in [6.07, 6.45) is 2.86. The van der Waals surface area contributed by atoms with E-state index in [-0.39, 0.29) is 10.8 Å². The number of hydrogen-bond acceptors (Lipinski definition) is 1. The third-order valence-corrected chi connectivity index (χ3v) is 3.85. The molecule has 0 aliphatic heterocycles. The SMILES string of the molecule is CCCNC(CCc1ccc(Cl)c(F)c1)c1ccccc1. The van der Waals surface area contributed by atoms with Crippen molar-refractivity contribution in [3.05, 3.63) is 70.5 Å². The lowest BCUT2D eigenvalue weighted by Crippen LogP contribution is -2.22. The van der Waals surface area contributed by atoms with E-state index in [2.05, 4.69) is 36.5 Å². The van der Waals surface area contributed by atoms with E-state index in [1.807, 2.05) is 12.1 Å². The van der Waals surface area contributed by atoms with Gasteiger partial charge < -0.3 is 5.32 Å². The third-order valence-electron chi connectivity index (χ3n) is 3.55.